The van der Waals surface area contributed by atoms with E-state index in [0.29, 0.717) is 5.56 Å². The van der Waals surface area contributed by atoms with Crippen LogP contribution in [-0.4, -0.2) is 12.6 Å². The average Bonchev–Trinajstić information content (AvgIpc) is 2.23. The smallest absolute Gasteiger partial charge is 0.382 e. The van der Waals surface area contributed by atoms with E-state index in [1.165, 1.54) is 19.9 Å². The van der Waals surface area contributed by atoms with Crippen molar-refractivity contribution >= 4 is 23.3 Å². The quantitative estimate of drug-likeness (QED) is 0.674. The van der Waals surface area contributed by atoms with Crippen molar-refractivity contribution in [3.63, 3.8) is 0 Å². The molecule has 0 radical (unpaired) electrons. The minimum absolute atomic E-state index is 0.0932. The number of hydrogen-bond donors (Lipinski definition) is 1. The van der Waals surface area contributed by atoms with Crippen LogP contribution in [0.1, 0.15) is 18.1 Å². The maximum Gasteiger partial charge on any atom is 0.382 e. The lowest BCUT2D eigenvalue weighted by Crippen LogP contribution is -2.29. The van der Waals surface area contributed by atoms with Gasteiger partial charge in [-0.15, -0.1) is 0 Å². The van der Waals surface area contributed by atoms with Crippen molar-refractivity contribution in [1.29, 1.82) is 0 Å². The minimum atomic E-state index is -3.80. The van der Waals surface area contributed by atoms with Crippen LogP contribution in [0.2, 0.25) is 5.02 Å². The number of carbonyl (C=O) groups excluding carboxylic acids is 1. The molecule has 1 aromatic rings. The molecule has 0 saturated carbocycles. The van der Waals surface area contributed by atoms with Crippen molar-refractivity contribution in [2.75, 3.05) is 12.3 Å². The number of benzene rings is 1. The van der Waals surface area contributed by atoms with Gasteiger partial charge in [0.2, 0.25) is 0 Å². The van der Waals surface area contributed by atoms with Crippen LogP contribution >= 0.6 is 11.6 Å². The van der Waals surface area contributed by atoms with Crippen LogP contribution in [0.5, 0.6) is 0 Å². The van der Waals surface area contributed by atoms with E-state index >= 15 is 0 Å². The first-order valence-corrected chi connectivity index (χ1v) is 5.29. The molecular formula is C11H12ClF2NO2. The lowest BCUT2D eigenvalue weighted by molar-refractivity contribution is -0.173. The van der Waals surface area contributed by atoms with E-state index in [-0.39, 0.29) is 17.3 Å². The van der Waals surface area contributed by atoms with Crippen molar-refractivity contribution < 1.29 is 18.3 Å². The summed E-state index contributed by atoms with van der Waals surface area (Å²) in [7, 11) is 0. The zero-order chi connectivity index (χ0) is 13.2. The van der Waals surface area contributed by atoms with E-state index in [9.17, 15) is 13.6 Å². The first kappa shape index (κ1) is 13.7. The molecule has 0 aliphatic heterocycles. The Balaban J connectivity index is 3.27. The molecule has 0 bridgehead atoms. The van der Waals surface area contributed by atoms with Crippen LogP contribution in [-0.2, 0) is 15.5 Å². The number of anilines is 1. The molecule has 2 N–H and O–H groups in total. The molecule has 0 atom stereocenters. The van der Waals surface area contributed by atoms with Gasteiger partial charge in [-0.2, -0.15) is 8.78 Å². The van der Waals surface area contributed by atoms with Crippen LogP contribution < -0.4 is 5.73 Å². The number of alkyl halides is 2. The topological polar surface area (TPSA) is 52.3 Å². The number of rotatable bonds is 3. The molecule has 0 fully saturated rings. The van der Waals surface area contributed by atoms with Gasteiger partial charge in [0.15, 0.2) is 0 Å². The van der Waals surface area contributed by atoms with Crippen molar-refractivity contribution in [2.45, 2.75) is 19.8 Å². The lowest BCUT2D eigenvalue weighted by atomic mass is 10.0. The Labute approximate surface area is 103 Å². The normalized spacial score (nSPS) is 11.4. The molecule has 0 aliphatic rings. The maximum atomic E-state index is 13.7. The van der Waals surface area contributed by atoms with Gasteiger partial charge in [0.1, 0.15) is 0 Å². The van der Waals surface area contributed by atoms with Gasteiger partial charge in [-0.05, 0) is 31.5 Å². The zero-order valence-corrected chi connectivity index (χ0v) is 10.1. The van der Waals surface area contributed by atoms with Gasteiger partial charge in [-0.3, -0.25) is 0 Å². The third kappa shape index (κ3) is 2.66. The Morgan fingerprint density at radius 2 is 2.12 bits per heavy atom. The number of esters is 1. The van der Waals surface area contributed by atoms with Gasteiger partial charge in [-0.1, -0.05) is 11.6 Å². The lowest BCUT2D eigenvalue weighted by Gasteiger charge is -2.18. The first-order valence-electron chi connectivity index (χ1n) is 4.91. The Morgan fingerprint density at radius 1 is 1.53 bits per heavy atom. The van der Waals surface area contributed by atoms with Crippen molar-refractivity contribution in [3.05, 3.63) is 28.3 Å². The van der Waals surface area contributed by atoms with E-state index in [1.54, 1.807) is 0 Å². The molecule has 0 aromatic heterocycles. The second-order valence-electron chi connectivity index (χ2n) is 3.48. The monoisotopic (exact) mass is 263 g/mol. The molecule has 1 aromatic carbocycles. The summed E-state index contributed by atoms with van der Waals surface area (Å²) in [5.74, 6) is -5.43. The summed E-state index contributed by atoms with van der Waals surface area (Å²) < 4.78 is 31.8. The predicted molar refractivity (Wildman–Crippen MR) is 61.1 cm³/mol. The molecule has 3 nitrogen and oxygen atoms in total. The number of ether oxygens (including phenoxy) is 1. The average molecular weight is 264 g/mol. The fraction of sp³-hybridized carbons (Fsp3) is 0.364. The molecule has 94 valence electrons. The molecule has 0 saturated heterocycles. The third-order valence-corrected chi connectivity index (χ3v) is 2.44. The van der Waals surface area contributed by atoms with Crippen molar-refractivity contribution in [1.82, 2.24) is 0 Å². The first-order chi connectivity index (χ1) is 7.80. The van der Waals surface area contributed by atoms with Gasteiger partial charge >= 0.3 is 11.9 Å². The number of aryl methyl sites for hydroxylation is 1. The highest BCUT2D eigenvalue weighted by atomic mass is 35.5. The Morgan fingerprint density at radius 3 is 2.65 bits per heavy atom. The van der Waals surface area contributed by atoms with Crippen LogP contribution in [0.15, 0.2) is 12.1 Å². The van der Waals surface area contributed by atoms with E-state index < -0.39 is 17.5 Å². The SMILES string of the molecule is CCOC(=O)C(F)(F)c1cc(Cl)cc(C)c1N. The minimum Gasteiger partial charge on any atom is -0.461 e. The molecule has 0 heterocycles. The van der Waals surface area contributed by atoms with Crippen LogP contribution in [0, 0.1) is 6.92 Å². The number of nitrogens with two attached hydrogens (primary N) is 1. The Hall–Kier alpha value is -1.36. The number of halogens is 3. The fourth-order valence-electron chi connectivity index (χ4n) is 1.35. The third-order valence-electron chi connectivity index (χ3n) is 2.22. The summed E-state index contributed by atoms with van der Waals surface area (Å²) in [6.45, 7) is 2.85. The predicted octanol–water partition coefficient (Wildman–Crippen LogP) is 2.89. The molecule has 6 heteroatoms. The summed E-state index contributed by atoms with van der Waals surface area (Å²) in [5, 5.41) is 0.0932. The fourth-order valence-corrected chi connectivity index (χ4v) is 1.62. The zero-order valence-electron chi connectivity index (χ0n) is 9.39. The molecule has 0 unspecified atom stereocenters. The molecule has 0 amide bonds. The van der Waals surface area contributed by atoms with Crippen LogP contribution in [0.25, 0.3) is 0 Å². The van der Waals surface area contributed by atoms with Crippen LogP contribution in [0.3, 0.4) is 0 Å². The summed E-state index contributed by atoms with van der Waals surface area (Å²) in [5.41, 5.74) is 5.13. The molecule has 0 aliphatic carbocycles. The molecule has 1 rings (SSSR count). The van der Waals surface area contributed by atoms with Crippen LogP contribution in [0.4, 0.5) is 14.5 Å². The molecular weight excluding hydrogens is 252 g/mol. The highest BCUT2D eigenvalue weighted by molar-refractivity contribution is 6.30. The van der Waals surface area contributed by atoms with Gasteiger partial charge in [0.05, 0.1) is 12.2 Å². The molecule has 17 heavy (non-hydrogen) atoms. The second-order valence-corrected chi connectivity index (χ2v) is 3.92. The van der Waals surface area contributed by atoms with E-state index in [1.807, 2.05) is 0 Å². The van der Waals surface area contributed by atoms with Gasteiger partial charge in [0, 0.05) is 10.7 Å². The van der Waals surface area contributed by atoms with Gasteiger partial charge in [-0.25, -0.2) is 4.79 Å². The van der Waals surface area contributed by atoms with Crippen molar-refractivity contribution in [2.24, 2.45) is 0 Å². The largest absolute Gasteiger partial charge is 0.461 e. The maximum absolute atomic E-state index is 13.7. The van der Waals surface area contributed by atoms with E-state index in [0.717, 1.165) is 6.07 Å². The highest BCUT2D eigenvalue weighted by Gasteiger charge is 2.44. The van der Waals surface area contributed by atoms with Gasteiger partial charge in [0.25, 0.3) is 0 Å². The van der Waals surface area contributed by atoms with Gasteiger partial charge < -0.3 is 10.5 Å². The standard InChI is InChI=1S/C11H12ClF2NO2/c1-3-17-10(16)11(13,14)8-5-7(12)4-6(2)9(8)15/h4-5H,3,15H2,1-2H3. The summed E-state index contributed by atoms with van der Waals surface area (Å²) >= 11 is 5.67. The number of nitrogen functional groups attached to an aromatic ring is 1. The summed E-state index contributed by atoms with van der Waals surface area (Å²) in [6, 6.07) is 2.42. The van der Waals surface area contributed by atoms with Crippen molar-refractivity contribution in [3.8, 4) is 0 Å². The Bertz CT molecular complexity index is 449. The number of hydrogen-bond acceptors (Lipinski definition) is 3. The highest BCUT2D eigenvalue weighted by Crippen LogP contribution is 2.36. The van der Waals surface area contributed by atoms with E-state index in [2.05, 4.69) is 4.74 Å². The van der Waals surface area contributed by atoms with E-state index in [4.69, 9.17) is 17.3 Å². The summed E-state index contributed by atoms with van der Waals surface area (Å²) in [6.07, 6.45) is 0. The Kier molecular flexibility index (Phi) is 3.93. The summed E-state index contributed by atoms with van der Waals surface area (Å²) in [4.78, 5) is 11.2. The second kappa shape index (κ2) is 4.87. The number of carbonyl (C=O) groups is 1. The molecule has 0 spiro atoms.